The van der Waals surface area contributed by atoms with Crippen LogP contribution in [0.3, 0.4) is 0 Å². The van der Waals surface area contributed by atoms with E-state index in [2.05, 4.69) is 9.47 Å². The van der Waals surface area contributed by atoms with Gasteiger partial charge in [0.15, 0.2) is 6.29 Å². The second kappa shape index (κ2) is 6.35. The van der Waals surface area contributed by atoms with Crippen molar-refractivity contribution in [1.29, 1.82) is 0 Å². The lowest BCUT2D eigenvalue weighted by Gasteiger charge is -2.39. The first-order valence-electron chi connectivity index (χ1n) is 6.37. The fraction of sp³-hybridized carbons (Fsp3) is 1.00. The quantitative estimate of drug-likeness (QED) is 0.416. The average molecular weight is 402 g/mol. The summed E-state index contributed by atoms with van der Waals surface area (Å²) >= 11 is 0. The predicted octanol–water partition coefficient (Wildman–Crippen LogP) is 4.58. The molecule has 1 saturated heterocycles. The van der Waals surface area contributed by atoms with Gasteiger partial charge in [-0.05, 0) is 6.92 Å². The van der Waals surface area contributed by atoms with E-state index in [1.165, 1.54) is 6.92 Å². The number of alkyl halides is 12. The van der Waals surface area contributed by atoms with E-state index in [1.807, 2.05) is 0 Å². The van der Waals surface area contributed by atoms with Crippen LogP contribution in [0, 0.1) is 0 Å². The van der Waals surface area contributed by atoms with E-state index < -0.39 is 61.5 Å². The first-order chi connectivity index (χ1) is 10.9. The Morgan fingerprint density at radius 3 is 1.64 bits per heavy atom. The van der Waals surface area contributed by atoms with Crippen molar-refractivity contribution in [1.82, 2.24) is 0 Å². The van der Waals surface area contributed by atoms with Crippen molar-refractivity contribution in [2.24, 2.45) is 0 Å². The summed E-state index contributed by atoms with van der Waals surface area (Å²) in [4.78, 5) is 0. The molecule has 2 atom stereocenters. The Bertz CT molecular complexity index is 478. The lowest BCUT2D eigenvalue weighted by Crippen LogP contribution is -2.68. The van der Waals surface area contributed by atoms with Gasteiger partial charge in [0.2, 0.25) is 0 Å². The van der Waals surface area contributed by atoms with Crippen LogP contribution in [0.4, 0.5) is 52.7 Å². The number of hydrogen-bond donors (Lipinski definition) is 0. The van der Waals surface area contributed by atoms with Crippen molar-refractivity contribution >= 4 is 0 Å². The van der Waals surface area contributed by atoms with Crippen LogP contribution in [-0.4, -0.2) is 55.0 Å². The molecule has 2 unspecified atom stereocenters. The van der Waals surface area contributed by atoms with Crippen molar-refractivity contribution in [3.8, 4) is 0 Å². The Morgan fingerprint density at radius 2 is 1.28 bits per heavy atom. The molecule has 1 aliphatic rings. The van der Waals surface area contributed by atoms with Gasteiger partial charge in [0.05, 0.1) is 6.61 Å². The first kappa shape index (κ1) is 22.1. The van der Waals surface area contributed by atoms with Crippen LogP contribution in [0.1, 0.15) is 13.3 Å². The minimum Gasteiger partial charge on any atom is -0.350 e. The Labute approximate surface area is 132 Å². The minimum absolute atomic E-state index is 0.607. The third-order valence-electron chi connectivity index (χ3n) is 3.29. The summed E-state index contributed by atoms with van der Waals surface area (Å²) in [5.41, 5.74) is 0. The molecule has 0 spiro atoms. The Hall–Kier alpha value is -0.920. The molecule has 0 aromatic rings. The van der Waals surface area contributed by atoms with Gasteiger partial charge in [-0.2, -0.15) is 43.9 Å². The highest BCUT2D eigenvalue weighted by molar-refractivity contribution is 5.09. The van der Waals surface area contributed by atoms with Gasteiger partial charge in [-0.1, -0.05) is 0 Å². The minimum atomic E-state index is -7.49. The third kappa shape index (κ3) is 3.51. The summed E-state index contributed by atoms with van der Waals surface area (Å²) in [7, 11) is 0. The molecule has 0 amide bonds. The van der Waals surface area contributed by atoms with Crippen LogP contribution >= 0.6 is 0 Å². The van der Waals surface area contributed by atoms with Gasteiger partial charge in [-0.25, -0.2) is 8.78 Å². The normalized spacial score (nSPS) is 23.3. The van der Waals surface area contributed by atoms with Gasteiger partial charge in [0, 0.05) is 6.42 Å². The monoisotopic (exact) mass is 402 g/mol. The molecule has 1 rings (SSSR count). The SMILES string of the molecule is CC1OC1OCCC(F)(F)C(F)(F)C(F)(F)C(F)(F)C(F)(F)C(F)F. The van der Waals surface area contributed by atoms with Crippen molar-refractivity contribution in [3.63, 3.8) is 0 Å². The molecular formula is C11H10F12O2. The van der Waals surface area contributed by atoms with Gasteiger partial charge in [0.25, 0.3) is 0 Å². The molecule has 0 radical (unpaired) electrons. The molecule has 2 nitrogen and oxygen atoms in total. The topological polar surface area (TPSA) is 21.8 Å². The molecule has 0 saturated carbocycles. The number of epoxide rings is 1. The lowest BCUT2D eigenvalue weighted by atomic mass is 9.93. The van der Waals surface area contributed by atoms with Crippen LogP contribution in [-0.2, 0) is 9.47 Å². The molecule has 0 aromatic carbocycles. The zero-order valence-corrected chi connectivity index (χ0v) is 12.0. The highest BCUT2D eigenvalue weighted by atomic mass is 19.4. The smallest absolute Gasteiger partial charge is 0.350 e. The number of ether oxygens (including phenoxy) is 2. The second-order valence-electron chi connectivity index (χ2n) is 5.18. The highest BCUT2D eigenvalue weighted by Crippen LogP contribution is 2.58. The molecular weight excluding hydrogens is 392 g/mol. The van der Waals surface area contributed by atoms with Gasteiger partial charge < -0.3 is 9.47 Å². The fourth-order valence-electron chi connectivity index (χ4n) is 1.57. The first-order valence-corrected chi connectivity index (χ1v) is 6.37. The molecule has 150 valence electrons. The average Bonchev–Trinajstić information content (AvgIpc) is 3.13. The summed E-state index contributed by atoms with van der Waals surface area (Å²) in [6, 6.07) is 0. The molecule has 14 heteroatoms. The second-order valence-corrected chi connectivity index (χ2v) is 5.18. The van der Waals surface area contributed by atoms with E-state index in [0.29, 0.717) is 0 Å². The maximum absolute atomic E-state index is 13.3. The maximum atomic E-state index is 13.3. The van der Waals surface area contributed by atoms with E-state index in [4.69, 9.17) is 0 Å². The molecule has 1 aliphatic heterocycles. The van der Waals surface area contributed by atoms with Gasteiger partial charge in [-0.3, -0.25) is 0 Å². The largest absolute Gasteiger partial charge is 0.384 e. The predicted molar refractivity (Wildman–Crippen MR) is 55.6 cm³/mol. The standard InChI is InChI=1S/C11H10F12O2/c1-4-5(25-4)24-3-2-7(14,15)9(18,19)11(22,23)10(20,21)8(16,17)6(12)13/h4-6H,2-3H2,1H3. The van der Waals surface area contributed by atoms with Gasteiger partial charge >= 0.3 is 36.0 Å². The molecule has 0 bridgehead atoms. The zero-order chi connectivity index (χ0) is 20.1. The number of halogens is 12. The molecule has 0 aliphatic carbocycles. The van der Waals surface area contributed by atoms with Crippen LogP contribution in [0.25, 0.3) is 0 Å². The van der Waals surface area contributed by atoms with E-state index in [-0.39, 0.29) is 0 Å². The van der Waals surface area contributed by atoms with Gasteiger partial charge in [-0.15, -0.1) is 0 Å². The Balaban J connectivity index is 3.01. The lowest BCUT2D eigenvalue weighted by molar-refractivity contribution is -0.413. The van der Waals surface area contributed by atoms with Crippen LogP contribution < -0.4 is 0 Å². The Morgan fingerprint density at radius 1 is 0.840 bits per heavy atom. The summed E-state index contributed by atoms with van der Waals surface area (Å²) in [6.07, 6.45) is -9.49. The van der Waals surface area contributed by atoms with E-state index >= 15 is 0 Å². The molecule has 25 heavy (non-hydrogen) atoms. The molecule has 0 N–H and O–H groups in total. The van der Waals surface area contributed by atoms with Gasteiger partial charge in [0.1, 0.15) is 6.10 Å². The number of hydrogen-bond acceptors (Lipinski definition) is 2. The number of rotatable bonds is 9. The van der Waals surface area contributed by atoms with Crippen LogP contribution in [0.5, 0.6) is 0 Å². The maximum Gasteiger partial charge on any atom is 0.384 e. The van der Waals surface area contributed by atoms with E-state index in [0.717, 1.165) is 0 Å². The highest BCUT2D eigenvalue weighted by Gasteiger charge is 2.87. The van der Waals surface area contributed by atoms with E-state index in [1.54, 1.807) is 0 Å². The van der Waals surface area contributed by atoms with Crippen molar-refractivity contribution in [2.45, 2.75) is 61.8 Å². The van der Waals surface area contributed by atoms with Crippen molar-refractivity contribution < 1.29 is 62.2 Å². The summed E-state index contributed by atoms with van der Waals surface area (Å²) in [5.74, 6) is -35.0. The van der Waals surface area contributed by atoms with E-state index in [9.17, 15) is 52.7 Å². The molecule has 0 aromatic heterocycles. The summed E-state index contributed by atoms with van der Waals surface area (Å²) < 4.78 is 163. The van der Waals surface area contributed by atoms with Crippen molar-refractivity contribution in [3.05, 3.63) is 0 Å². The Kier molecular flexibility index (Phi) is 5.62. The van der Waals surface area contributed by atoms with Crippen LogP contribution in [0.2, 0.25) is 0 Å². The molecule has 1 heterocycles. The fourth-order valence-corrected chi connectivity index (χ4v) is 1.57. The summed E-state index contributed by atoms with van der Waals surface area (Å²) in [5, 5.41) is 0. The molecule has 1 fully saturated rings. The zero-order valence-electron chi connectivity index (χ0n) is 12.0. The van der Waals surface area contributed by atoms with Crippen LogP contribution in [0.15, 0.2) is 0 Å². The summed E-state index contributed by atoms with van der Waals surface area (Å²) in [6.45, 7) is -0.0109. The third-order valence-corrected chi connectivity index (χ3v) is 3.29. The van der Waals surface area contributed by atoms with Crippen molar-refractivity contribution in [2.75, 3.05) is 6.61 Å².